The molecule has 5 rings (SSSR count). The molecule has 2 N–H and O–H groups in total. The standard InChI is InChI=1S/C25H25N5O/c1-15-10-16(2)12-18(11-15)20-8-9-30(25(20)31)19-6-4-17(5-7-19)21-13-29(3)24-22(21)23(26)27-14-28-24/h4-7,10-14,20H,8-9H2,1-3H3,(H2,26,27,28). The first-order valence-electron chi connectivity index (χ1n) is 10.5. The van der Waals surface area contributed by atoms with Gasteiger partial charge in [-0.15, -0.1) is 0 Å². The summed E-state index contributed by atoms with van der Waals surface area (Å²) in [6.07, 6.45) is 4.33. The Balaban J connectivity index is 1.44. The molecule has 0 bridgehead atoms. The second-order valence-corrected chi connectivity index (χ2v) is 8.41. The summed E-state index contributed by atoms with van der Waals surface area (Å²) in [6.45, 7) is 4.89. The summed E-state index contributed by atoms with van der Waals surface area (Å²) in [7, 11) is 1.95. The van der Waals surface area contributed by atoms with Gasteiger partial charge in [0.2, 0.25) is 5.91 Å². The van der Waals surface area contributed by atoms with E-state index in [1.54, 1.807) is 0 Å². The molecule has 1 aliphatic rings. The highest BCUT2D eigenvalue weighted by Crippen LogP contribution is 2.36. The normalized spacial score (nSPS) is 16.4. The average molecular weight is 412 g/mol. The van der Waals surface area contributed by atoms with E-state index in [1.165, 1.54) is 17.5 Å². The molecular formula is C25H25N5O. The van der Waals surface area contributed by atoms with E-state index in [4.69, 9.17) is 5.73 Å². The minimum atomic E-state index is -0.0757. The number of carbonyl (C=O) groups is 1. The fourth-order valence-electron chi connectivity index (χ4n) is 4.73. The lowest BCUT2D eigenvalue weighted by Crippen LogP contribution is -2.26. The maximum Gasteiger partial charge on any atom is 0.234 e. The Bertz CT molecular complexity index is 1290. The van der Waals surface area contributed by atoms with Gasteiger partial charge >= 0.3 is 0 Å². The number of fused-ring (bicyclic) bond motifs is 1. The third kappa shape index (κ3) is 3.24. The predicted octanol–water partition coefficient (Wildman–Crippen LogP) is 4.35. The van der Waals surface area contributed by atoms with Crippen LogP contribution in [0.2, 0.25) is 0 Å². The number of carbonyl (C=O) groups excluding carboxylic acids is 1. The molecule has 0 saturated carbocycles. The van der Waals surface area contributed by atoms with Gasteiger partial charge in [-0.3, -0.25) is 4.79 Å². The van der Waals surface area contributed by atoms with Crippen molar-refractivity contribution in [1.29, 1.82) is 0 Å². The van der Waals surface area contributed by atoms with E-state index < -0.39 is 0 Å². The molecular weight excluding hydrogens is 386 g/mol. The summed E-state index contributed by atoms with van der Waals surface area (Å²) in [6, 6.07) is 14.5. The zero-order chi connectivity index (χ0) is 21.7. The van der Waals surface area contributed by atoms with Crippen molar-refractivity contribution in [2.75, 3.05) is 17.2 Å². The molecule has 3 heterocycles. The number of rotatable bonds is 3. The Hall–Kier alpha value is -3.67. The first-order chi connectivity index (χ1) is 14.9. The minimum Gasteiger partial charge on any atom is -0.383 e. The minimum absolute atomic E-state index is 0.0757. The van der Waals surface area contributed by atoms with Gasteiger partial charge in [0.15, 0.2) is 0 Å². The Morgan fingerprint density at radius 3 is 2.45 bits per heavy atom. The molecule has 1 amide bonds. The summed E-state index contributed by atoms with van der Waals surface area (Å²) in [5.74, 6) is 0.560. The average Bonchev–Trinajstić information content (AvgIpc) is 3.29. The maximum absolute atomic E-state index is 13.2. The van der Waals surface area contributed by atoms with Crippen LogP contribution in [0.1, 0.15) is 29.0 Å². The van der Waals surface area contributed by atoms with Crippen molar-refractivity contribution in [3.05, 3.63) is 71.7 Å². The zero-order valence-electron chi connectivity index (χ0n) is 18.0. The molecule has 31 heavy (non-hydrogen) atoms. The van der Waals surface area contributed by atoms with E-state index >= 15 is 0 Å². The van der Waals surface area contributed by atoms with Crippen LogP contribution in [0.4, 0.5) is 11.5 Å². The van der Waals surface area contributed by atoms with Crippen LogP contribution in [0.15, 0.2) is 55.0 Å². The Kier molecular flexibility index (Phi) is 4.50. The first kappa shape index (κ1) is 19.3. The number of aryl methyl sites for hydroxylation is 3. The molecule has 0 radical (unpaired) electrons. The van der Waals surface area contributed by atoms with Crippen molar-refractivity contribution in [1.82, 2.24) is 14.5 Å². The highest BCUT2D eigenvalue weighted by Gasteiger charge is 2.33. The van der Waals surface area contributed by atoms with E-state index in [2.05, 4.69) is 42.0 Å². The molecule has 1 atom stereocenters. The van der Waals surface area contributed by atoms with Crippen LogP contribution < -0.4 is 10.6 Å². The summed E-state index contributed by atoms with van der Waals surface area (Å²) in [5, 5.41) is 0.852. The fraction of sp³-hybridized carbons (Fsp3) is 0.240. The molecule has 156 valence electrons. The van der Waals surface area contributed by atoms with Gasteiger partial charge in [-0.1, -0.05) is 41.5 Å². The van der Waals surface area contributed by atoms with E-state index in [-0.39, 0.29) is 11.8 Å². The zero-order valence-corrected chi connectivity index (χ0v) is 18.0. The van der Waals surface area contributed by atoms with Crippen LogP contribution in [-0.4, -0.2) is 27.0 Å². The smallest absolute Gasteiger partial charge is 0.234 e. The number of nitrogens with zero attached hydrogens (tertiary/aromatic N) is 4. The molecule has 1 unspecified atom stereocenters. The van der Waals surface area contributed by atoms with Crippen LogP contribution in [0.25, 0.3) is 22.2 Å². The molecule has 0 spiro atoms. The molecule has 1 aliphatic heterocycles. The second kappa shape index (κ2) is 7.23. The van der Waals surface area contributed by atoms with E-state index in [9.17, 15) is 4.79 Å². The van der Waals surface area contributed by atoms with Gasteiger partial charge in [-0.05, 0) is 43.5 Å². The molecule has 2 aromatic heterocycles. The second-order valence-electron chi connectivity index (χ2n) is 8.41. The number of hydrogen-bond donors (Lipinski definition) is 1. The number of aromatic nitrogens is 3. The molecule has 1 saturated heterocycles. The summed E-state index contributed by atoms with van der Waals surface area (Å²) < 4.78 is 1.95. The van der Waals surface area contributed by atoms with E-state index in [1.807, 2.05) is 47.0 Å². The number of nitrogen functional groups attached to an aromatic ring is 1. The number of anilines is 2. The van der Waals surface area contributed by atoms with E-state index in [0.717, 1.165) is 46.4 Å². The fourth-order valence-corrected chi connectivity index (χ4v) is 4.73. The van der Waals surface area contributed by atoms with Gasteiger partial charge in [0.25, 0.3) is 0 Å². The van der Waals surface area contributed by atoms with Crippen molar-refractivity contribution in [2.45, 2.75) is 26.2 Å². The molecule has 4 aromatic rings. The predicted molar refractivity (Wildman–Crippen MR) is 124 cm³/mol. The number of benzene rings is 2. The first-order valence-corrected chi connectivity index (χ1v) is 10.5. The number of amides is 1. The van der Waals surface area contributed by atoms with Crippen molar-refractivity contribution < 1.29 is 4.79 Å². The summed E-state index contributed by atoms with van der Waals surface area (Å²) >= 11 is 0. The Morgan fingerprint density at radius 2 is 1.74 bits per heavy atom. The van der Waals surface area contributed by atoms with Gasteiger partial charge in [0.05, 0.1) is 11.3 Å². The summed E-state index contributed by atoms with van der Waals surface area (Å²) in [5.41, 5.74) is 13.4. The molecule has 6 heteroatoms. The van der Waals surface area contributed by atoms with Crippen LogP contribution in [0.3, 0.4) is 0 Å². The topological polar surface area (TPSA) is 77.0 Å². The van der Waals surface area contributed by atoms with Crippen molar-refractivity contribution in [3.63, 3.8) is 0 Å². The van der Waals surface area contributed by atoms with Gasteiger partial charge in [-0.2, -0.15) is 0 Å². The number of hydrogen-bond acceptors (Lipinski definition) is 4. The van der Waals surface area contributed by atoms with Crippen LogP contribution in [0, 0.1) is 13.8 Å². The monoisotopic (exact) mass is 411 g/mol. The molecule has 2 aromatic carbocycles. The third-order valence-electron chi connectivity index (χ3n) is 6.12. The lowest BCUT2D eigenvalue weighted by Gasteiger charge is -2.18. The van der Waals surface area contributed by atoms with Gasteiger partial charge in [0.1, 0.15) is 17.8 Å². The van der Waals surface area contributed by atoms with Crippen molar-refractivity contribution in [3.8, 4) is 11.1 Å². The largest absolute Gasteiger partial charge is 0.383 e. The Morgan fingerprint density at radius 1 is 1.03 bits per heavy atom. The highest BCUT2D eigenvalue weighted by atomic mass is 16.2. The molecule has 0 aliphatic carbocycles. The van der Waals surface area contributed by atoms with Gasteiger partial charge in [-0.25, -0.2) is 9.97 Å². The van der Waals surface area contributed by atoms with E-state index in [0.29, 0.717) is 5.82 Å². The molecule has 6 nitrogen and oxygen atoms in total. The van der Waals surface area contributed by atoms with Crippen LogP contribution >= 0.6 is 0 Å². The maximum atomic E-state index is 13.2. The highest BCUT2D eigenvalue weighted by molar-refractivity contribution is 6.02. The molecule has 1 fully saturated rings. The van der Waals surface area contributed by atoms with Crippen LogP contribution in [0.5, 0.6) is 0 Å². The lowest BCUT2D eigenvalue weighted by molar-refractivity contribution is -0.118. The van der Waals surface area contributed by atoms with Crippen molar-refractivity contribution >= 4 is 28.4 Å². The number of nitrogens with two attached hydrogens (primary N) is 1. The lowest BCUT2D eigenvalue weighted by atomic mass is 9.94. The quantitative estimate of drug-likeness (QED) is 0.544. The van der Waals surface area contributed by atoms with Gasteiger partial charge in [0, 0.05) is 31.0 Å². The Labute approximate surface area is 181 Å². The van der Waals surface area contributed by atoms with Crippen LogP contribution in [-0.2, 0) is 11.8 Å². The van der Waals surface area contributed by atoms with Gasteiger partial charge < -0.3 is 15.2 Å². The third-order valence-corrected chi connectivity index (χ3v) is 6.12. The van der Waals surface area contributed by atoms with Crippen molar-refractivity contribution in [2.24, 2.45) is 7.05 Å². The SMILES string of the molecule is Cc1cc(C)cc(C2CCN(c3ccc(-c4cn(C)c5ncnc(N)c45)cc3)C2=O)c1. The summed E-state index contributed by atoms with van der Waals surface area (Å²) in [4.78, 5) is 23.6.